The van der Waals surface area contributed by atoms with E-state index < -0.39 is 0 Å². The second kappa shape index (κ2) is 9.16. The molecule has 31 heavy (non-hydrogen) atoms. The molecule has 0 fully saturated rings. The quantitative estimate of drug-likeness (QED) is 0.485. The van der Waals surface area contributed by atoms with Gasteiger partial charge in [0, 0.05) is 28.7 Å². The Bertz CT molecular complexity index is 1160. The van der Waals surface area contributed by atoms with Gasteiger partial charge in [-0.1, -0.05) is 0 Å². The summed E-state index contributed by atoms with van der Waals surface area (Å²) >= 11 is 0. The monoisotopic (exact) mass is 423 g/mol. The molecule has 1 amide bonds. The van der Waals surface area contributed by atoms with Gasteiger partial charge in [0.15, 0.2) is 0 Å². The summed E-state index contributed by atoms with van der Waals surface area (Å²) in [6.07, 6.45) is 1.56. The van der Waals surface area contributed by atoms with Crippen LogP contribution in [0.5, 0.6) is 17.2 Å². The van der Waals surface area contributed by atoms with Crippen LogP contribution < -0.4 is 19.5 Å². The van der Waals surface area contributed by atoms with Gasteiger partial charge in [-0.3, -0.25) is 4.79 Å². The van der Waals surface area contributed by atoms with Crippen molar-refractivity contribution in [1.82, 2.24) is 0 Å². The molecule has 0 aliphatic heterocycles. The molecule has 1 heterocycles. The van der Waals surface area contributed by atoms with Crippen LogP contribution in [-0.4, -0.2) is 26.7 Å². The van der Waals surface area contributed by atoms with Crippen molar-refractivity contribution in [2.75, 3.05) is 26.1 Å². The van der Waals surface area contributed by atoms with Gasteiger partial charge >= 0.3 is 0 Å². The van der Waals surface area contributed by atoms with E-state index in [4.69, 9.17) is 18.6 Å². The molecule has 0 aliphatic rings. The summed E-state index contributed by atoms with van der Waals surface area (Å²) in [5, 5.41) is 3.90. The lowest BCUT2D eigenvalue weighted by Gasteiger charge is -2.15. The maximum absolute atomic E-state index is 12.8. The van der Waals surface area contributed by atoms with Crippen LogP contribution in [0.4, 0.5) is 5.69 Å². The molecular weight excluding hydrogens is 394 g/mol. The van der Waals surface area contributed by atoms with Crippen LogP contribution >= 0.6 is 0 Å². The third kappa shape index (κ3) is 4.38. The minimum atomic E-state index is -0.274. The van der Waals surface area contributed by atoms with Gasteiger partial charge in [0.05, 0.1) is 26.5 Å². The van der Waals surface area contributed by atoms with E-state index in [2.05, 4.69) is 5.32 Å². The number of fused-ring (bicyclic) bond motifs is 1. The number of furan rings is 1. The molecule has 0 aliphatic carbocycles. The van der Waals surface area contributed by atoms with Crippen LogP contribution in [0.3, 0.4) is 0 Å². The van der Waals surface area contributed by atoms with E-state index in [1.165, 1.54) is 0 Å². The second-order valence-electron chi connectivity index (χ2n) is 7.35. The first-order chi connectivity index (χ1) is 14.8. The van der Waals surface area contributed by atoms with Crippen molar-refractivity contribution in [1.29, 1.82) is 0 Å². The van der Waals surface area contributed by atoms with Crippen LogP contribution in [0.2, 0.25) is 0 Å². The number of methoxy groups -OCH3 is 2. The van der Waals surface area contributed by atoms with Gasteiger partial charge in [0.25, 0.3) is 0 Å². The smallest absolute Gasteiger partial charge is 0.248 e. The largest absolute Gasteiger partial charge is 0.497 e. The molecule has 0 spiro atoms. The van der Waals surface area contributed by atoms with E-state index in [9.17, 15) is 4.79 Å². The van der Waals surface area contributed by atoms with Gasteiger partial charge in [-0.2, -0.15) is 0 Å². The average molecular weight is 424 g/mol. The minimum Gasteiger partial charge on any atom is -0.497 e. The lowest BCUT2D eigenvalue weighted by Crippen LogP contribution is -2.10. The van der Waals surface area contributed by atoms with Crippen molar-refractivity contribution in [3.63, 3.8) is 0 Å². The zero-order valence-electron chi connectivity index (χ0n) is 19.1. The molecule has 3 aromatic rings. The van der Waals surface area contributed by atoms with Gasteiger partial charge in [-0.25, -0.2) is 0 Å². The Morgan fingerprint density at radius 3 is 2.48 bits per heavy atom. The Labute approximate surface area is 182 Å². The summed E-state index contributed by atoms with van der Waals surface area (Å²) in [5.41, 5.74) is 5.01. The number of rotatable bonds is 7. The molecule has 0 radical (unpaired) electrons. The number of ether oxygens (including phenoxy) is 3. The molecule has 0 saturated carbocycles. The van der Waals surface area contributed by atoms with Gasteiger partial charge < -0.3 is 23.9 Å². The first-order valence-electron chi connectivity index (χ1n) is 10.2. The number of carbonyl (C=O) groups excluding carboxylic acids is 1. The average Bonchev–Trinajstić information content (AvgIpc) is 3.04. The zero-order chi connectivity index (χ0) is 22.7. The van der Waals surface area contributed by atoms with Crippen molar-refractivity contribution < 1.29 is 23.4 Å². The fraction of sp³-hybridized carbons (Fsp3) is 0.320. The lowest BCUT2D eigenvalue weighted by molar-refractivity contribution is -0.111. The molecule has 1 N–H and O–H groups in total. The number of benzene rings is 2. The van der Waals surface area contributed by atoms with Crippen LogP contribution in [-0.2, 0) is 4.79 Å². The fourth-order valence-corrected chi connectivity index (χ4v) is 3.59. The highest BCUT2D eigenvalue weighted by atomic mass is 16.5. The van der Waals surface area contributed by atoms with Crippen LogP contribution in [0.25, 0.3) is 16.5 Å². The zero-order valence-corrected chi connectivity index (χ0v) is 19.1. The molecule has 2 aromatic carbocycles. The van der Waals surface area contributed by atoms with Crippen LogP contribution in [0.15, 0.2) is 34.8 Å². The number of carbonyl (C=O) groups is 1. The summed E-state index contributed by atoms with van der Waals surface area (Å²) in [5.74, 6) is 2.51. The Kier molecular flexibility index (Phi) is 6.59. The number of amides is 1. The van der Waals surface area contributed by atoms with E-state index in [0.717, 1.165) is 44.7 Å². The van der Waals surface area contributed by atoms with Crippen LogP contribution in [0.1, 0.15) is 36.3 Å². The highest BCUT2D eigenvalue weighted by molar-refractivity contribution is 6.05. The van der Waals surface area contributed by atoms with Crippen molar-refractivity contribution >= 4 is 28.1 Å². The second-order valence-corrected chi connectivity index (χ2v) is 7.35. The molecular formula is C25H29NO5. The number of aryl methyl sites for hydroxylation is 3. The Morgan fingerprint density at radius 2 is 1.84 bits per heavy atom. The molecule has 3 rings (SSSR count). The Morgan fingerprint density at radius 1 is 1.10 bits per heavy atom. The Hall–Kier alpha value is -3.41. The van der Waals surface area contributed by atoms with E-state index in [-0.39, 0.29) is 5.91 Å². The van der Waals surface area contributed by atoms with Crippen molar-refractivity contribution in [3.8, 4) is 17.2 Å². The van der Waals surface area contributed by atoms with Crippen molar-refractivity contribution in [2.45, 2.75) is 34.6 Å². The molecule has 0 unspecified atom stereocenters. The van der Waals surface area contributed by atoms with E-state index >= 15 is 0 Å². The van der Waals surface area contributed by atoms with Crippen molar-refractivity contribution in [3.05, 3.63) is 52.8 Å². The summed E-state index contributed by atoms with van der Waals surface area (Å²) < 4.78 is 22.5. The van der Waals surface area contributed by atoms with Gasteiger partial charge in [-0.15, -0.1) is 0 Å². The SMILES string of the molecule is CCOc1c(/C(C)=C/C(=O)Nc2cc(OC)ccc2OC)cc2c(C)c(C)oc2c1C. The summed E-state index contributed by atoms with van der Waals surface area (Å²) in [6.45, 7) is 10.3. The molecule has 164 valence electrons. The summed E-state index contributed by atoms with van der Waals surface area (Å²) in [4.78, 5) is 12.8. The van der Waals surface area contributed by atoms with Crippen molar-refractivity contribution in [2.24, 2.45) is 0 Å². The molecule has 6 heteroatoms. The fourth-order valence-electron chi connectivity index (χ4n) is 3.59. The predicted molar refractivity (Wildman–Crippen MR) is 123 cm³/mol. The van der Waals surface area contributed by atoms with E-state index in [1.807, 2.05) is 40.7 Å². The Balaban J connectivity index is 2.02. The highest BCUT2D eigenvalue weighted by Gasteiger charge is 2.19. The van der Waals surface area contributed by atoms with E-state index in [1.54, 1.807) is 38.5 Å². The first kappa shape index (κ1) is 22.3. The third-order valence-electron chi connectivity index (χ3n) is 5.37. The topological polar surface area (TPSA) is 69.9 Å². The number of allylic oxidation sites excluding steroid dienone is 1. The lowest BCUT2D eigenvalue weighted by atomic mass is 9.98. The third-order valence-corrected chi connectivity index (χ3v) is 5.37. The maximum Gasteiger partial charge on any atom is 0.248 e. The maximum atomic E-state index is 12.8. The van der Waals surface area contributed by atoms with E-state index in [0.29, 0.717) is 23.8 Å². The molecule has 1 aromatic heterocycles. The normalized spacial score (nSPS) is 11.5. The molecule has 0 bridgehead atoms. The first-order valence-corrected chi connectivity index (χ1v) is 10.2. The molecule has 6 nitrogen and oxygen atoms in total. The summed E-state index contributed by atoms with van der Waals surface area (Å²) in [7, 11) is 3.13. The van der Waals surface area contributed by atoms with Crippen LogP contribution in [0, 0.1) is 20.8 Å². The van der Waals surface area contributed by atoms with Gasteiger partial charge in [0.2, 0.25) is 5.91 Å². The van der Waals surface area contributed by atoms with Gasteiger partial charge in [0.1, 0.15) is 28.6 Å². The summed E-state index contributed by atoms with van der Waals surface area (Å²) in [6, 6.07) is 7.28. The molecule has 0 atom stereocenters. The number of nitrogens with one attached hydrogen (secondary N) is 1. The van der Waals surface area contributed by atoms with Gasteiger partial charge in [-0.05, 0) is 64.0 Å². The predicted octanol–water partition coefficient (Wildman–Crippen LogP) is 5.82. The standard InChI is InChI=1S/C25H29NO5/c1-8-30-24-16(4)25-20(15(3)17(5)31-25)13-19(24)14(2)11-23(27)26-21-12-18(28-6)9-10-22(21)29-7/h9-13H,8H2,1-7H3,(H,26,27)/b14-11+. The minimum absolute atomic E-state index is 0.274. The highest BCUT2D eigenvalue weighted by Crippen LogP contribution is 2.39. The number of anilines is 1. The number of hydrogen-bond acceptors (Lipinski definition) is 5. The number of hydrogen-bond donors (Lipinski definition) is 1. The molecule has 0 saturated heterocycles.